The topological polar surface area (TPSA) is 49.3 Å². The SMILES string of the molecule is Cc1cccc(NC(=O)[C@H](C)SCCO)c1. The molecular weight excluding hydrogens is 222 g/mol. The lowest BCUT2D eigenvalue weighted by atomic mass is 10.2. The van der Waals surface area contributed by atoms with Crippen molar-refractivity contribution < 1.29 is 9.90 Å². The first kappa shape index (κ1) is 13.1. The second-order valence-electron chi connectivity index (χ2n) is 3.60. The molecule has 0 aliphatic heterocycles. The Morgan fingerprint density at radius 3 is 2.94 bits per heavy atom. The van der Waals surface area contributed by atoms with Gasteiger partial charge < -0.3 is 10.4 Å². The zero-order valence-electron chi connectivity index (χ0n) is 9.56. The van der Waals surface area contributed by atoms with Crippen LogP contribution in [0.2, 0.25) is 0 Å². The highest BCUT2D eigenvalue weighted by atomic mass is 32.2. The van der Waals surface area contributed by atoms with Crippen molar-refractivity contribution in [2.45, 2.75) is 19.1 Å². The number of aliphatic hydroxyl groups is 1. The molecule has 0 aromatic heterocycles. The molecule has 1 rings (SSSR count). The predicted octanol–water partition coefficient (Wildman–Crippen LogP) is 2.05. The van der Waals surface area contributed by atoms with Gasteiger partial charge in [0.2, 0.25) is 5.91 Å². The van der Waals surface area contributed by atoms with Crippen LogP contribution in [-0.2, 0) is 4.79 Å². The van der Waals surface area contributed by atoms with Crippen molar-refractivity contribution in [3.8, 4) is 0 Å². The van der Waals surface area contributed by atoms with Crippen molar-refractivity contribution in [1.82, 2.24) is 0 Å². The van der Waals surface area contributed by atoms with E-state index in [4.69, 9.17) is 5.11 Å². The number of carbonyl (C=O) groups excluding carboxylic acids is 1. The number of aliphatic hydroxyl groups excluding tert-OH is 1. The molecule has 0 heterocycles. The minimum absolute atomic E-state index is 0.0240. The van der Waals surface area contributed by atoms with Gasteiger partial charge in [-0.3, -0.25) is 4.79 Å². The standard InChI is InChI=1S/C12H17NO2S/c1-9-4-3-5-11(8-9)13-12(15)10(2)16-7-6-14/h3-5,8,10,14H,6-7H2,1-2H3,(H,13,15)/t10-/m0/s1. The molecule has 0 saturated carbocycles. The molecule has 0 aliphatic rings. The first-order chi connectivity index (χ1) is 7.63. The molecule has 0 fully saturated rings. The van der Waals surface area contributed by atoms with Gasteiger partial charge in [-0.05, 0) is 31.5 Å². The molecule has 1 atom stereocenters. The Balaban J connectivity index is 2.50. The fourth-order valence-corrected chi connectivity index (χ4v) is 1.94. The third-order valence-corrected chi connectivity index (χ3v) is 3.25. The molecule has 4 heteroatoms. The van der Waals surface area contributed by atoms with Gasteiger partial charge in [0, 0.05) is 11.4 Å². The highest BCUT2D eigenvalue weighted by Gasteiger charge is 2.12. The van der Waals surface area contributed by atoms with Crippen LogP contribution in [-0.4, -0.2) is 28.6 Å². The highest BCUT2D eigenvalue weighted by Crippen LogP contribution is 2.14. The van der Waals surface area contributed by atoms with Crippen molar-refractivity contribution in [2.75, 3.05) is 17.7 Å². The monoisotopic (exact) mass is 239 g/mol. The Labute approximate surface area is 100 Å². The van der Waals surface area contributed by atoms with E-state index in [9.17, 15) is 4.79 Å². The van der Waals surface area contributed by atoms with E-state index in [1.54, 1.807) is 0 Å². The van der Waals surface area contributed by atoms with E-state index in [1.807, 2.05) is 38.1 Å². The van der Waals surface area contributed by atoms with Crippen LogP contribution in [0.4, 0.5) is 5.69 Å². The maximum atomic E-state index is 11.7. The summed E-state index contributed by atoms with van der Waals surface area (Å²) < 4.78 is 0. The lowest BCUT2D eigenvalue weighted by Gasteiger charge is -2.11. The molecular formula is C12H17NO2S. The Morgan fingerprint density at radius 2 is 2.31 bits per heavy atom. The van der Waals surface area contributed by atoms with Crippen LogP contribution in [0.15, 0.2) is 24.3 Å². The smallest absolute Gasteiger partial charge is 0.237 e. The zero-order valence-corrected chi connectivity index (χ0v) is 10.4. The molecule has 0 saturated heterocycles. The van der Waals surface area contributed by atoms with E-state index >= 15 is 0 Å². The van der Waals surface area contributed by atoms with Crippen LogP contribution in [0.5, 0.6) is 0 Å². The summed E-state index contributed by atoms with van der Waals surface area (Å²) in [5, 5.41) is 11.4. The second-order valence-corrected chi connectivity index (χ2v) is 5.04. The van der Waals surface area contributed by atoms with E-state index in [0.717, 1.165) is 11.3 Å². The van der Waals surface area contributed by atoms with Gasteiger partial charge in [0.15, 0.2) is 0 Å². The molecule has 0 unspecified atom stereocenters. The maximum absolute atomic E-state index is 11.7. The van der Waals surface area contributed by atoms with Gasteiger partial charge in [0.1, 0.15) is 0 Å². The summed E-state index contributed by atoms with van der Waals surface area (Å²) in [6.45, 7) is 3.93. The second kappa shape index (κ2) is 6.55. The average molecular weight is 239 g/mol. The van der Waals surface area contributed by atoms with Crippen LogP contribution < -0.4 is 5.32 Å². The molecule has 1 aromatic rings. The van der Waals surface area contributed by atoms with Crippen molar-refractivity contribution >= 4 is 23.4 Å². The van der Waals surface area contributed by atoms with Crippen LogP contribution in [0.25, 0.3) is 0 Å². The first-order valence-electron chi connectivity index (χ1n) is 5.23. The molecule has 0 aliphatic carbocycles. The van der Waals surface area contributed by atoms with E-state index in [-0.39, 0.29) is 17.8 Å². The van der Waals surface area contributed by atoms with Crippen LogP contribution in [0.3, 0.4) is 0 Å². The van der Waals surface area contributed by atoms with E-state index in [1.165, 1.54) is 11.8 Å². The molecule has 16 heavy (non-hydrogen) atoms. The van der Waals surface area contributed by atoms with E-state index < -0.39 is 0 Å². The summed E-state index contributed by atoms with van der Waals surface area (Å²) in [6, 6.07) is 7.70. The number of nitrogens with one attached hydrogen (secondary N) is 1. The minimum atomic E-state index is -0.146. The molecule has 0 radical (unpaired) electrons. The molecule has 1 aromatic carbocycles. The number of hydrogen-bond acceptors (Lipinski definition) is 3. The summed E-state index contributed by atoms with van der Waals surface area (Å²) in [4.78, 5) is 11.7. The van der Waals surface area contributed by atoms with E-state index in [0.29, 0.717) is 5.75 Å². The molecule has 3 nitrogen and oxygen atoms in total. The number of hydrogen-bond donors (Lipinski definition) is 2. The lowest BCUT2D eigenvalue weighted by Crippen LogP contribution is -2.23. The average Bonchev–Trinajstić information content (AvgIpc) is 2.25. The summed E-state index contributed by atoms with van der Waals surface area (Å²) >= 11 is 1.45. The van der Waals surface area contributed by atoms with Gasteiger partial charge in [-0.25, -0.2) is 0 Å². The zero-order chi connectivity index (χ0) is 12.0. The summed E-state index contributed by atoms with van der Waals surface area (Å²) in [6.07, 6.45) is 0. The lowest BCUT2D eigenvalue weighted by molar-refractivity contribution is -0.115. The summed E-state index contributed by atoms with van der Waals surface area (Å²) in [5.74, 6) is 0.562. The Kier molecular flexibility index (Phi) is 5.35. The van der Waals surface area contributed by atoms with Gasteiger partial charge in [-0.15, -0.1) is 11.8 Å². The maximum Gasteiger partial charge on any atom is 0.237 e. The normalized spacial score (nSPS) is 12.2. The quantitative estimate of drug-likeness (QED) is 0.826. The summed E-state index contributed by atoms with van der Waals surface area (Å²) in [5.41, 5.74) is 1.94. The van der Waals surface area contributed by atoms with Crippen LogP contribution in [0.1, 0.15) is 12.5 Å². The van der Waals surface area contributed by atoms with Gasteiger partial charge in [0.25, 0.3) is 0 Å². The van der Waals surface area contributed by atoms with Crippen LogP contribution >= 0.6 is 11.8 Å². The number of anilines is 1. The van der Waals surface area contributed by atoms with Crippen molar-refractivity contribution in [3.05, 3.63) is 29.8 Å². The Morgan fingerprint density at radius 1 is 1.56 bits per heavy atom. The summed E-state index contributed by atoms with van der Waals surface area (Å²) in [7, 11) is 0. The molecule has 88 valence electrons. The fraction of sp³-hybridized carbons (Fsp3) is 0.417. The van der Waals surface area contributed by atoms with Gasteiger partial charge in [-0.2, -0.15) is 0 Å². The predicted molar refractivity (Wildman–Crippen MR) is 68.8 cm³/mol. The van der Waals surface area contributed by atoms with E-state index in [2.05, 4.69) is 5.32 Å². The largest absolute Gasteiger partial charge is 0.396 e. The molecule has 0 spiro atoms. The van der Waals surface area contributed by atoms with Crippen LogP contribution in [0, 0.1) is 6.92 Å². The third kappa shape index (κ3) is 4.24. The molecule has 0 bridgehead atoms. The number of rotatable bonds is 5. The third-order valence-electron chi connectivity index (χ3n) is 2.11. The number of carbonyl (C=O) groups is 1. The Bertz CT molecular complexity index is 355. The van der Waals surface area contributed by atoms with Gasteiger partial charge in [0.05, 0.1) is 11.9 Å². The fourth-order valence-electron chi connectivity index (χ4n) is 1.27. The van der Waals surface area contributed by atoms with Gasteiger partial charge >= 0.3 is 0 Å². The Hall–Kier alpha value is -1.00. The highest BCUT2D eigenvalue weighted by molar-refractivity contribution is 8.00. The number of thioether (sulfide) groups is 1. The van der Waals surface area contributed by atoms with Crippen molar-refractivity contribution in [2.24, 2.45) is 0 Å². The van der Waals surface area contributed by atoms with Gasteiger partial charge in [-0.1, -0.05) is 12.1 Å². The van der Waals surface area contributed by atoms with Crippen molar-refractivity contribution in [1.29, 1.82) is 0 Å². The molecule has 1 amide bonds. The van der Waals surface area contributed by atoms with Crippen molar-refractivity contribution in [3.63, 3.8) is 0 Å². The molecule has 2 N–H and O–H groups in total. The number of aryl methyl sites for hydroxylation is 1. The minimum Gasteiger partial charge on any atom is -0.396 e. The number of amides is 1. The first-order valence-corrected chi connectivity index (χ1v) is 6.28. The number of benzene rings is 1.